The lowest BCUT2D eigenvalue weighted by Gasteiger charge is -2.26. The molecule has 0 aliphatic carbocycles. The van der Waals surface area contributed by atoms with Crippen molar-refractivity contribution in [1.82, 2.24) is 0 Å². The van der Waals surface area contributed by atoms with Crippen LogP contribution >= 0.6 is 8.16 Å². The van der Waals surface area contributed by atoms with Crippen LogP contribution in [0.2, 0.25) is 0 Å². The first kappa shape index (κ1) is 25.9. The summed E-state index contributed by atoms with van der Waals surface area (Å²) in [5.41, 5.74) is 4.14. The van der Waals surface area contributed by atoms with Gasteiger partial charge in [-0.3, -0.25) is 0 Å². The minimum absolute atomic E-state index is 0.0460. The van der Waals surface area contributed by atoms with Crippen LogP contribution in [0.4, 0.5) is 0 Å². The third kappa shape index (κ3) is 4.68. The molecule has 0 saturated heterocycles. The molecular weight excluding hydrogens is 545 g/mol. The molecule has 208 valence electrons. The van der Waals surface area contributed by atoms with Crippen LogP contribution in [0, 0.1) is 0 Å². The third-order valence-electron chi connectivity index (χ3n) is 8.48. The first-order chi connectivity index (χ1) is 21.2. The molecule has 0 saturated carbocycles. The standard InChI is InChI=1S/C39H30NO2P/c1-27(29-11-3-2-4-12-29)40(26-28-19-20-30-13-5-6-16-33(30)25-28)43-41-36-23-21-31-14-7-9-17-34(31)38(36)39-35-18-10-8-15-32(35)22-24-37(39)42-43/h2-25,27H,26H2,1H3/t27-/m1/s1. The number of nitrogens with zero attached hydrogens (tertiary/aromatic N) is 1. The van der Waals surface area contributed by atoms with Gasteiger partial charge in [0, 0.05) is 23.4 Å². The molecular formula is C39H30NO2P. The molecule has 0 radical (unpaired) electrons. The van der Waals surface area contributed by atoms with Gasteiger partial charge in [-0.25, -0.2) is 0 Å². The molecule has 7 aromatic carbocycles. The first-order valence-electron chi connectivity index (χ1n) is 14.7. The average Bonchev–Trinajstić information content (AvgIpc) is 3.24. The Morgan fingerprint density at radius 2 is 1.05 bits per heavy atom. The van der Waals surface area contributed by atoms with Gasteiger partial charge < -0.3 is 8.39 Å². The van der Waals surface area contributed by atoms with E-state index in [1.54, 1.807) is 0 Å². The van der Waals surface area contributed by atoms with Crippen LogP contribution in [0.15, 0.2) is 154 Å². The van der Waals surface area contributed by atoms with Crippen molar-refractivity contribution in [3.05, 3.63) is 157 Å². The summed E-state index contributed by atoms with van der Waals surface area (Å²) in [4.78, 5) is 0. The average molecular weight is 576 g/mol. The molecule has 0 spiro atoms. The number of fused-ring (bicyclic) bond motifs is 8. The Morgan fingerprint density at radius 3 is 1.67 bits per heavy atom. The Bertz CT molecular complexity index is 2210. The zero-order valence-corrected chi connectivity index (χ0v) is 24.7. The predicted molar refractivity (Wildman–Crippen MR) is 182 cm³/mol. The number of hydrogen-bond acceptors (Lipinski definition) is 3. The van der Waals surface area contributed by atoms with Gasteiger partial charge in [-0.15, -0.1) is 0 Å². The van der Waals surface area contributed by atoms with Gasteiger partial charge in [0.15, 0.2) is 0 Å². The lowest BCUT2D eigenvalue weighted by Crippen LogP contribution is -2.23. The first-order valence-corrected chi connectivity index (χ1v) is 15.8. The second-order valence-corrected chi connectivity index (χ2v) is 12.5. The Balaban J connectivity index is 1.42. The lowest BCUT2D eigenvalue weighted by molar-refractivity contribution is 0.594. The second-order valence-electron chi connectivity index (χ2n) is 11.1. The topological polar surface area (TPSA) is 29.5 Å². The van der Waals surface area contributed by atoms with Crippen molar-refractivity contribution < 1.29 is 8.39 Å². The predicted octanol–water partition coefficient (Wildman–Crippen LogP) is 11.6. The van der Waals surface area contributed by atoms with Crippen LogP contribution in [-0.4, -0.2) is 0 Å². The van der Waals surface area contributed by atoms with Gasteiger partial charge in [-0.1, -0.05) is 127 Å². The minimum atomic E-state index is -1.54. The molecule has 3 nitrogen and oxygen atoms in total. The Morgan fingerprint density at radius 1 is 0.535 bits per heavy atom. The van der Waals surface area contributed by atoms with Crippen LogP contribution in [0.1, 0.15) is 24.1 Å². The normalized spacial score (nSPS) is 12.5. The summed E-state index contributed by atoms with van der Waals surface area (Å²) in [6, 6.07) is 51.6. The van der Waals surface area contributed by atoms with E-state index in [0.717, 1.165) is 32.7 Å². The van der Waals surface area contributed by atoms with Crippen molar-refractivity contribution >= 4 is 62.4 Å². The summed E-state index contributed by atoms with van der Waals surface area (Å²) in [5, 5.41) is 9.34. The van der Waals surface area contributed by atoms with Crippen molar-refractivity contribution in [2.24, 2.45) is 0 Å². The highest BCUT2D eigenvalue weighted by molar-refractivity contribution is 7.38. The summed E-state index contributed by atoms with van der Waals surface area (Å²) < 4.78 is 16.4. The van der Waals surface area contributed by atoms with Gasteiger partial charge in [-0.05, 0) is 68.6 Å². The van der Waals surface area contributed by atoms with Crippen LogP contribution in [0.5, 0.6) is 0 Å². The molecule has 43 heavy (non-hydrogen) atoms. The highest BCUT2D eigenvalue weighted by Gasteiger charge is 2.24. The van der Waals surface area contributed by atoms with Gasteiger partial charge in [0.05, 0.1) is 0 Å². The van der Waals surface area contributed by atoms with E-state index >= 15 is 0 Å². The molecule has 0 bridgehead atoms. The lowest BCUT2D eigenvalue weighted by atomic mass is 9.99. The highest BCUT2D eigenvalue weighted by atomic mass is 31.1. The SMILES string of the molecule is C[C@H](c1ccccc1)N(Cc1ccc2ccccc2c1)p1oc2ccc3ccccc3c2c2c(ccc3ccccc32)o1. The molecule has 0 aliphatic heterocycles. The van der Waals surface area contributed by atoms with Crippen molar-refractivity contribution in [2.45, 2.75) is 19.5 Å². The van der Waals surface area contributed by atoms with E-state index in [4.69, 9.17) is 8.39 Å². The fraction of sp³-hybridized carbons (Fsp3) is 0.0769. The quantitative estimate of drug-likeness (QED) is 0.204. The molecule has 1 heterocycles. The van der Waals surface area contributed by atoms with E-state index in [2.05, 4.69) is 157 Å². The summed E-state index contributed by atoms with van der Waals surface area (Å²) in [6.45, 7) is 2.93. The maximum atomic E-state index is 7.03. The number of rotatable bonds is 5. The smallest absolute Gasteiger partial charge is 0.310 e. The van der Waals surface area contributed by atoms with E-state index in [1.165, 1.54) is 32.7 Å². The molecule has 1 aromatic heterocycles. The zero-order chi connectivity index (χ0) is 28.8. The Labute approximate surface area is 251 Å². The van der Waals surface area contributed by atoms with Crippen molar-refractivity contribution in [1.29, 1.82) is 0 Å². The van der Waals surface area contributed by atoms with Gasteiger partial charge >= 0.3 is 8.16 Å². The van der Waals surface area contributed by atoms with Gasteiger partial charge in [-0.2, -0.15) is 4.67 Å². The van der Waals surface area contributed by atoms with Crippen molar-refractivity contribution in [3.8, 4) is 0 Å². The summed E-state index contributed by atoms with van der Waals surface area (Å²) in [6.07, 6.45) is 0. The van der Waals surface area contributed by atoms with Crippen LogP contribution in [0.25, 0.3) is 54.3 Å². The monoisotopic (exact) mass is 575 g/mol. The largest absolute Gasteiger partial charge is 0.408 e. The molecule has 0 amide bonds. The Kier molecular flexibility index (Phi) is 6.48. The van der Waals surface area contributed by atoms with E-state index in [-0.39, 0.29) is 6.04 Å². The summed E-state index contributed by atoms with van der Waals surface area (Å²) in [5.74, 6) is 0. The van der Waals surface area contributed by atoms with Gasteiger partial charge in [0.1, 0.15) is 11.2 Å². The van der Waals surface area contributed by atoms with Crippen molar-refractivity contribution in [2.75, 3.05) is 4.67 Å². The Hall–Kier alpha value is -4.82. The molecule has 4 heteroatoms. The number of hydrogen-bond donors (Lipinski definition) is 0. The molecule has 0 fully saturated rings. The second kappa shape index (κ2) is 10.8. The van der Waals surface area contributed by atoms with Crippen LogP contribution in [0.3, 0.4) is 0 Å². The minimum Gasteiger partial charge on any atom is -0.408 e. The van der Waals surface area contributed by atoms with Gasteiger partial charge in [0.2, 0.25) is 0 Å². The maximum absolute atomic E-state index is 7.03. The van der Waals surface area contributed by atoms with E-state index < -0.39 is 8.16 Å². The zero-order valence-electron chi connectivity index (χ0n) is 23.9. The molecule has 8 aromatic rings. The molecule has 8 rings (SSSR count). The van der Waals surface area contributed by atoms with E-state index in [1.807, 2.05) is 0 Å². The fourth-order valence-corrected chi connectivity index (χ4v) is 7.81. The number of benzene rings is 7. The maximum Gasteiger partial charge on any atom is 0.310 e. The third-order valence-corrected chi connectivity index (χ3v) is 10.1. The van der Waals surface area contributed by atoms with E-state index in [9.17, 15) is 0 Å². The van der Waals surface area contributed by atoms with E-state index in [0.29, 0.717) is 6.54 Å². The molecule has 0 unspecified atom stereocenters. The van der Waals surface area contributed by atoms with Crippen LogP contribution in [-0.2, 0) is 6.54 Å². The summed E-state index contributed by atoms with van der Waals surface area (Å²) >= 11 is 0. The van der Waals surface area contributed by atoms with Crippen LogP contribution < -0.4 is 4.67 Å². The van der Waals surface area contributed by atoms with Gasteiger partial charge in [0.25, 0.3) is 0 Å². The molecule has 0 aliphatic rings. The summed E-state index contributed by atoms with van der Waals surface area (Å²) in [7, 11) is -1.54. The fourth-order valence-electron chi connectivity index (χ4n) is 6.23. The molecule has 1 atom stereocenters. The highest BCUT2D eigenvalue weighted by Crippen LogP contribution is 2.45. The molecule has 0 N–H and O–H groups in total. The van der Waals surface area contributed by atoms with Crippen molar-refractivity contribution in [3.63, 3.8) is 0 Å².